The first-order valence-electron chi connectivity index (χ1n) is 10.7. The van der Waals surface area contributed by atoms with Crippen LogP contribution in [0.3, 0.4) is 0 Å². The summed E-state index contributed by atoms with van der Waals surface area (Å²) in [6.07, 6.45) is 1.73. The number of benzene rings is 1. The highest BCUT2D eigenvalue weighted by Gasteiger charge is 2.36. The lowest BCUT2D eigenvalue weighted by Crippen LogP contribution is -2.45. The number of piperidine rings is 1. The number of hydrogen-bond donors (Lipinski definition) is 2. The second kappa shape index (κ2) is 12.9. The van der Waals surface area contributed by atoms with Gasteiger partial charge in [0.15, 0.2) is 0 Å². The predicted molar refractivity (Wildman–Crippen MR) is 120 cm³/mol. The standard InChI is InChI=1S/C22H29F3N4O4S/c1-3-10-26-20(30)13-27-21(31)15-29(34(32)33)14-17-8-11-28(12-9-17)16(2)18-6-4-5-7-19(18)22(23,24)25/h1,4-7,16-17H,8-15H2,2H3,(H,26,30)(H,27,31)(H,32,33)/p-1. The molecule has 0 aromatic heterocycles. The number of alkyl halides is 3. The molecule has 1 aromatic rings. The summed E-state index contributed by atoms with van der Waals surface area (Å²) in [7, 11) is 0. The molecule has 0 aliphatic carbocycles. The van der Waals surface area contributed by atoms with E-state index in [0.29, 0.717) is 25.9 Å². The second-order valence-electron chi connectivity index (χ2n) is 8.04. The summed E-state index contributed by atoms with van der Waals surface area (Å²) in [4.78, 5) is 25.5. The smallest absolute Gasteiger partial charge is 0.416 e. The van der Waals surface area contributed by atoms with Crippen molar-refractivity contribution in [2.24, 2.45) is 5.92 Å². The van der Waals surface area contributed by atoms with Crippen molar-refractivity contribution in [1.29, 1.82) is 0 Å². The zero-order chi connectivity index (χ0) is 25.3. The van der Waals surface area contributed by atoms with Crippen LogP contribution in [-0.2, 0) is 27.0 Å². The fourth-order valence-corrected chi connectivity index (χ4v) is 4.47. The number of nitrogens with one attached hydrogen (secondary N) is 2. The van der Waals surface area contributed by atoms with Gasteiger partial charge in [0.2, 0.25) is 11.8 Å². The summed E-state index contributed by atoms with van der Waals surface area (Å²) < 4.78 is 64.3. The molecule has 1 aliphatic heterocycles. The van der Waals surface area contributed by atoms with Gasteiger partial charge in [-0.05, 0) is 50.4 Å². The molecule has 2 rings (SSSR count). The Labute approximate surface area is 199 Å². The zero-order valence-electron chi connectivity index (χ0n) is 18.8. The van der Waals surface area contributed by atoms with Gasteiger partial charge in [-0.3, -0.25) is 18.7 Å². The Hall–Kier alpha value is -2.46. The van der Waals surface area contributed by atoms with E-state index < -0.39 is 47.4 Å². The molecule has 1 aliphatic rings. The normalized spacial score (nSPS) is 17.1. The lowest BCUT2D eigenvalue weighted by Gasteiger charge is -2.38. The van der Waals surface area contributed by atoms with Crippen LogP contribution in [0.15, 0.2) is 24.3 Å². The summed E-state index contributed by atoms with van der Waals surface area (Å²) in [5, 5.41) is 4.71. The minimum absolute atomic E-state index is 0.0184. The third-order valence-corrected chi connectivity index (χ3v) is 6.44. The van der Waals surface area contributed by atoms with Gasteiger partial charge in [0, 0.05) is 23.9 Å². The molecule has 0 spiro atoms. The Morgan fingerprint density at radius 3 is 2.50 bits per heavy atom. The van der Waals surface area contributed by atoms with Crippen molar-refractivity contribution in [3.05, 3.63) is 35.4 Å². The van der Waals surface area contributed by atoms with Gasteiger partial charge in [-0.25, -0.2) is 4.31 Å². The Kier molecular flexibility index (Phi) is 10.5. The molecule has 2 atom stereocenters. The van der Waals surface area contributed by atoms with Crippen LogP contribution >= 0.6 is 0 Å². The lowest BCUT2D eigenvalue weighted by molar-refractivity contribution is -0.138. The number of hydrogen-bond acceptors (Lipinski definition) is 5. The van der Waals surface area contributed by atoms with E-state index in [-0.39, 0.29) is 31.1 Å². The van der Waals surface area contributed by atoms with E-state index in [1.165, 1.54) is 12.1 Å². The quantitative estimate of drug-likeness (QED) is 0.373. The van der Waals surface area contributed by atoms with Crippen molar-refractivity contribution < 1.29 is 31.5 Å². The third-order valence-electron chi connectivity index (χ3n) is 5.74. The minimum Gasteiger partial charge on any atom is -0.760 e. The molecule has 0 saturated carbocycles. The SMILES string of the molecule is C#CCNC(=O)CNC(=O)CN(CC1CCN(C(C)c2ccccc2C(F)(F)F)CC1)S(=O)[O-]. The maximum atomic E-state index is 13.4. The summed E-state index contributed by atoms with van der Waals surface area (Å²) in [6, 6.07) is 5.05. The fraction of sp³-hybridized carbons (Fsp3) is 0.545. The molecule has 188 valence electrons. The average molecular weight is 502 g/mol. The maximum Gasteiger partial charge on any atom is 0.416 e. The summed E-state index contributed by atoms with van der Waals surface area (Å²) in [5.74, 6) is 1.05. The summed E-state index contributed by atoms with van der Waals surface area (Å²) in [5.41, 5.74) is -0.449. The van der Waals surface area contributed by atoms with Crippen LogP contribution in [0.1, 0.15) is 36.9 Å². The van der Waals surface area contributed by atoms with Gasteiger partial charge in [0.1, 0.15) is 0 Å². The van der Waals surface area contributed by atoms with Crippen molar-refractivity contribution >= 4 is 23.1 Å². The molecule has 1 heterocycles. The fourth-order valence-electron chi connectivity index (χ4n) is 3.91. The van der Waals surface area contributed by atoms with Crippen LogP contribution in [0.4, 0.5) is 13.2 Å². The van der Waals surface area contributed by atoms with E-state index in [2.05, 4.69) is 16.6 Å². The number of nitrogens with zero attached hydrogens (tertiary/aromatic N) is 2. The van der Waals surface area contributed by atoms with Crippen molar-refractivity contribution in [2.45, 2.75) is 32.0 Å². The summed E-state index contributed by atoms with van der Waals surface area (Å²) in [6.45, 7) is 2.09. The molecular weight excluding hydrogens is 473 g/mol. The number of carbonyl (C=O) groups is 2. The first kappa shape index (κ1) is 27.8. The van der Waals surface area contributed by atoms with Gasteiger partial charge in [-0.2, -0.15) is 13.2 Å². The Balaban J connectivity index is 1.88. The first-order valence-corrected chi connectivity index (χ1v) is 11.8. The van der Waals surface area contributed by atoms with E-state index in [4.69, 9.17) is 6.42 Å². The lowest BCUT2D eigenvalue weighted by atomic mass is 9.93. The first-order chi connectivity index (χ1) is 16.0. The van der Waals surface area contributed by atoms with E-state index in [0.717, 1.165) is 10.4 Å². The van der Waals surface area contributed by atoms with Crippen LogP contribution < -0.4 is 10.6 Å². The second-order valence-corrected chi connectivity index (χ2v) is 8.99. The molecular formula is C22H28F3N4O4S-. The summed E-state index contributed by atoms with van der Waals surface area (Å²) >= 11 is -2.65. The molecule has 8 nitrogen and oxygen atoms in total. The van der Waals surface area contributed by atoms with E-state index in [1.54, 1.807) is 13.0 Å². The van der Waals surface area contributed by atoms with Gasteiger partial charge >= 0.3 is 6.18 Å². The van der Waals surface area contributed by atoms with E-state index in [9.17, 15) is 31.5 Å². The predicted octanol–water partition coefficient (Wildman–Crippen LogP) is 1.44. The Morgan fingerprint density at radius 2 is 1.91 bits per heavy atom. The number of amides is 2. The topological polar surface area (TPSA) is 105 Å². The molecule has 0 radical (unpaired) electrons. The highest BCUT2D eigenvalue weighted by Crippen LogP contribution is 2.37. The largest absolute Gasteiger partial charge is 0.760 e. The Morgan fingerprint density at radius 1 is 1.26 bits per heavy atom. The van der Waals surface area contributed by atoms with E-state index >= 15 is 0 Å². The van der Waals surface area contributed by atoms with Crippen LogP contribution in [0, 0.1) is 18.3 Å². The molecule has 2 unspecified atom stereocenters. The third kappa shape index (κ3) is 8.39. The van der Waals surface area contributed by atoms with Crippen molar-refractivity contribution in [3.63, 3.8) is 0 Å². The molecule has 1 saturated heterocycles. The molecule has 34 heavy (non-hydrogen) atoms. The van der Waals surface area contributed by atoms with Crippen LogP contribution in [-0.4, -0.2) is 69.0 Å². The average Bonchev–Trinajstić information content (AvgIpc) is 2.80. The molecule has 1 fully saturated rings. The molecule has 0 bridgehead atoms. The molecule has 2 N–H and O–H groups in total. The number of likely N-dealkylation sites (tertiary alicyclic amines) is 1. The molecule has 12 heteroatoms. The van der Waals surface area contributed by atoms with Gasteiger partial charge in [-0.15, -0.1) is 6.42 Å². The van der Waals surface area contributed by atoms with Gasteiger partial charge in [0.25, 0.3) is 0 Å². The number of rotatable bonds is 10. The van der Waals surface area contributed by atoms with Gasteiger partial charge < -0.3 is 15.2 Å². The zero-order valence-corrected chi connectivity index (χ0v) is 19.6. The van der Waals surface area contributed by atoms with Crippen LogP contribution in [0.25, 0.3) is 0 Å². The number of terminal acetylenes is 1. The molecule has 1 aromatic carbocycles. The van der Waals surface area contributed by atoms with Gasteiger partial charge in [0.05, 0.1) is 25.2 Å². The Bertz CT molecular complexity index is 914. The maximum absolute atomic E-state index is 13.4. The van der Waals surface area contributed by atoms with Crippen LogP contribution in [0.2, 0.25) is 0 Å². The van der Waals surface area contributed by atoms with E-state index in [1.807, 2.05) is 4.90 Å². The number of carbonyl (C=O) groups excluding carboxylic acids is 2. The van der Waals surface area contributed by atoms with Crippen molar-refractivity contribution in [2.75, 3.05) is 39.3 Å². The highest BCUT2D eigenvalue weighted by atomic mass is 32.2. The molecule has 2 amide bonds. The minimum atomic E-state index is -4.44. The van der Waals surface area contributed by atoms with Crippen molar-refractivity contribution in [3.8, 4) is 12.3 Å². The number of halogens is 3. The van der Waals surface area contributed by atoms with Gasteiger partial charge in [-0.1, -0.05) is 24.1 Å². The highest BCUT2D eigenvalue weighted by molar-refractivity contribution is 7.76. The van der Waals surface area contributed by atoms with Crippen LogP contribution in [0.5, 0.6) is 0 Å². The van der Waals surface area contributed by atoms with Crippen molar-refractivity contribution in [1.82, 2.24) is 19.8 Å². The monoisotopic (exact) mass is 501 g/mol.